The Hall–Kier alpha value is -2.90. The second-order valence-corrected chi connectivity index (χ2v) is 9.80. The molecule has 0 amide bonds. The largest absolute Gasteiger partial charge is 0.496 e. The standard InChI is InChI=1S/C25H32N4O3.C5H12/c1-17-13-19(5-6-23(17)32-4)22-15-24(30)29-16-21(14-18(2)25(29)27-22)28-10-7-20(8-11-28)26-9-12-31-3;1-3-5-4-2/h5-6,13-16,20,26H,7-12H2,1-4H3;3-5H2,1-2H3. The number of hydrogen-bond acceptors (Lipinski definition) is 6. The van der Waals surface area contributed by atoms with Gasteiger partial charge in [-0.3, -0.25) is 9.20 Å². The van der Waals surface area contributed by atoms with Crippen LogP contribution >= 0.6 is 0 Å². The molecule has 7 nitrogen and oxygen atoms in total. The number of fused-ring (bicyclic) bond motifs is 1. The SMILES string of the molecule is CCCCC.COCCNC1CCN(c2cc(C)c3nc(-c4ccc(OC)c(C)c4)cc(=O)n3c2)CC1. The highest BCUT2D eigenvalue weighted by atomic mass is 16.5. The van der Waals surface area contributed by atoms with Gasteiger partial charge < -0.3 is 19.7 Å². The normalized spacial score (nSPS) is 13.9. The number of nitrogens with zero attached hydrogens (tertiary/aromatic N) is 3. The Morgan fingerprint density at radius 3 is 2.35 bits per heavy atom. The third-order valence-corrected chi connectivity index (χ3v) is 6.93. The first kappa shape index (κ1) is 28.7. The summed E-state index contributed by atoms with van der Waals surface area (Å²) in [5, 5.41) is 3.55. The molecule has 1 aromatic carbocycles. The van der Waals surface area contributed by atoms with E-state index < -0.39 is 0 Å². The number of aromatic nitrogens is 2. The molecule has 202 valence electrons. The molecule has 7 heteroatoms. The summed E-state index contributed by atoms with van der Waals surface area (Å²) >= 11 is 0. The summed E-state index contributed by atoms with van der Waals surface area (Å²) < 4.78 is 12.1. The van der Waals surface area contributed by atoms with E-state index in [2.05, 4.69) is 30.1 Å². The quantitative estimate of drug-likeness (QED) is 0.391. The van der Waals surface area contributed by atoms with Crippen molar-refractivity contribution in [3.05, 3.63) is 58.0 Å². The molecule has 0 bridgehead atoms. The summed E-state index contributed by atoms with van der Waals surface area (Å²) in [6.07, 6.45) is 8.15. The van der Waals surface area contributed by atoms with Crippen LogP contribution < -0.4 is 20.5 Å². The molecule has 1 aliphatic rings. The zero-order valence-corrected chi connectivity index (χ0v) is 23.5. The third-order valence-electron chi connectivity index (χ3n) is 6.93. The Morgan fingerprint density at radius 1 is 1.03 bits per heavy atom. The minimum absolute atomic E-state index is 0.0699. The minimum atomic E-state index is -0.0699. The second kappa shape index (κ2) is 14.1. The van der Waals surface area contributed by atoms with Gasteiger partial charge >= 0.3 is 0 Å². The van der Waals surface area contributed by atoms with Crippen LogP contribution in [-0.2, 0) is 4.74 Å². The van der Waals surface area contributed by atoms with Gasteiger partial charge in [0.2, 0.25) is 0 Å². The van der Waals surface area contributed by atoms with Crippen LogP contribution in [0.3, 0.4) is 0 Å². The van der Waals surface area contributed by atoms with Crippen molar-refractivity contribution in [1.29, 1.82) is 0 Å². The van der Waals surface area contributed by atoms with Gasteiger partial charge in [-0.05, 0) is 62.1 Å². The van der Waals surface area contributed by atoms with Crippen molar-refractivity contribution in [2.45, 2.75) is 65.8 Å². The Kier molecular flexibility index (Phi) is 11.0. The van der Waals surface area contributed by atoms with Gasteiger partial charge in [-0.1, -0.05) is 33.1 Å². The lowest BCUT2D eigenvalue weighted by Gasteiger charge is -2.34. The number of aryl methyl sites for hydroxylation is 2. The maximum absolute atomic E-state index is 13.0. The molecular formula is C30H44N4O3. The lowest BCUT2D eigenvalue weighted by Crippen LogP contribution is -2.43. The summed E-state index contributed by atoms with van der Waals surface area (Å²) in [4.78, 5) is 20.2. The summed E-state index contributed by atoms with van der Waals surface area (Å²) in [5.41, 5.74) is 5.29. The Bertz CT molecular complexity index is 1200. The number of ether oxygens (including phenoxy) is 2. The van der Waals surface area contributed by atoms with Crippen LogP contribution in [0.4, 0.5) is 5.69 Å². The number of rotatable bonds is 9. The zero-order chi connectivity index (χ0) is 26.8. The number of anilines is 1. The van der Waals surface area contributed by atoms with Gasteiger partial charge in [0.1, 0.15) is 11.4 Å². The van der Waals surface area contributed by atoms with E-state index in [0.29, 0.717) is 17.4 Å². The predicted octanol–water partition coefficient (Wildman–Crippen LogP) is 5.39. The van der Waals surface area contributed by atoms with Crippen LogP contribution in [0.5, 0.6) is 5.75 Å². The third kappa shape index (κ3) is 7.55. The molecule has 0 atom stereocenters. The number of hydrogen-bond donors (Lipinski definition) is 1. The van der Waals surface area contributed by atoms with E-state index in [4.69, 9.17) is 14.5 Å². The lowest BCUT2D eigenvalue weighted by atomic mass is 10.0. The van der Waals surface area contributed by atoms with E-state index in [0.717, 1.165) is 67.2 Å². The number of unbranched alkanes of at least 4 members (excludes halogenated alkanes) is 2. The Balaban J connectivity index is 0.000000695. The summed E-state index contributed by atoms with van der Waals surface area (Å²) in [6, 6.07) is 10.1. The molecule has 0 spiro atoms. The van der Waals surface area contributed by atoms with Crippen molar-refractivity contribution in [3.63, 3.8) is 0 Å². The second-order valence-electron chi connectivity index (χ2n) is 9.80. The molecule has 0 aliphatic carbocycles. The summed E-state index contributed by atoms with van der Waals surface area (Å²) in [6.45, 7) is 12.0. The summed E-state index contributed by atoms with van der Waals surface area (Å²) in [7, 11) is 3.38. The number of benzene rings is 1. The average molecular weight is 509 g/mol. The van der Waals surface area contributed by atoms with Crippen molar-refractivity contribution in [3.8, 4) is 17.0 Å². The lowest BCUT2D eigenvalue weighted by molar-refractivity contribution is 0.193. The minimum Gasteiger partial charge on any atom is -0.496 e. The van der Waals surface area contributed by atoms with Crippen molar-refractivity contribution in [2.24, 2.45) is 0 Å². The van der Waals surface area contributed by atoms with Gasteiger partial charge in [-0.2, -0.15) is 0 Å². The smallest absolute Gasteiger partial charge is 0.258 e. The van der Waals surface area contributed by atoms with E-state index in [-0.39, 0.29) is 5.56 Å². The molecule has 1 N–H and O–H groups in total. The topological polar surface area (TPSA) is 68.1 Å². The first-order chi connectivity index (χ1) is 17.9. The van der Waals surface area contributed by atoms with Crippen LogP contribution in [0.15, 0.2) is 41.3 Å². The molecule has 1 saturated heterocycles. The number of piperidine rings is 1. The molecule has 1 fully saturated rings. The van der Waals surface area contributed by atoms with E-state index in [1.807, 2.05) is 38.2 Å². The Labute approximate surface area is 221 Å². The molecule has 0 saturated carbocycles. The molecule has 0 radical (unpaired) electrons. The number of pyridine rings is 1. The van der Waals surface area contributed by atoms with Crippen molar-refractivity contribution >= 4 is 11.3 Å². The highest BCUT2D eigenvalue weighted by Crippen LogP contribution is 2.26. The molecule has 0 unspecified atom stereocenters. The van der Waals surface area contributed by atoms with Crippen molar-refractivity contribution in [2.75, 3.05) is 45.4 Å². The highest BCUT2D eigenvalue weighted by molar-refractivity contribution is 5.66. The van der Waals surface area contributed by atoms with E-state index in [9.17, 15) is 4.79 Å². The van der Waals surface area contributed by atoms with Crippen LogP contribution in [0.25, 0.3) is 16.9 Å². The van der Waals surface area contributed by atoms with Crippen LogP contribution in [-0.4, -0.2) is 55.9 Å². The van der Waals surface area contributed by atoms with Gasteiger partial charge in [-0.25, -0.2) is 4.98 Å². The van der Waals surface area contributed by atoms with Crippen LogP contribution in [0.1, 0.15) is 57.1 Å². The van der Waals surface area contributed by atoms with Crippen molar-refractivity contribution in [1.82, 2.24) is 14.7 Å². The molecule has 3 aromatic rings. The predicted molar refractivity (Wildman–Crippen MR) is 153 cm³/mol. The fourth-order valence-corrected chi connectivity index (χ4v) is 4.77. The van der Waals surface area contributed by atoms with Gasteiger partial charge in [0.15, 0.2) is 0 Å². The van der Waals surface area contributed by atoms with Crippen LogP contribution in [0.2, 0.25) is 0 Å². The van der Waals surface area contributed by atoms with Gasteiger partial charge in [0.05, 0.1) is 25.1 Å². The fraction of sp³-hybridized carbons (Fsp3) is 0.533. The number of nitrogens with one attached hydrogen (secondary N) is 1. The van der Waals surface area contributed by atoms with Crippen molar-refractivity contribution < 1.29 is 9.47 Å². The number of methoxy groups -OCH3 is 2. The fourth-order valence-electron chi connectivity index (χ4n) is 4.77. The molecular weight excluding hydrogens is 464 g/mol. The Morgan fingerprint density at radius 2 is 1.76 bits per heavy atom. The molecule has 1 aliphatic heterocycles. The first-order valence-electron chi connectivity index (χ1n) is 13.6. The molecule has 3 heterocycles. The monoisotopic (exact) mass is 508 g/mol. The van der Waals surface area contributed by atoms with E-state index >= 15 is 0 Å². The molecule has 2 aromatic heterocycles. The maximum atomic E-state index is 13.0. The van der Waals surface area contributed by atoms with E-state index in [1.165, 1.54) is 19.3 Å². The van der Waals surface area contributed by atoms with Gasteiger partial charge in [0, 0.05) is 50.6 Å². The first-order valence-corrected chi connectivity index (χ1v) is 13.6. The summed E-state index contributed by atoms with van der Waals surface area (Å²) in [5.74, 6) is 0.824. The molecule has 37 heavy (non-hydrogen) atoms. The zero-order valence-electron chi connectivity index (χ0n) is 23.5. The molecule has 4 rings (SSSR count). The maximum Gasteiger partial charge on any atom is 0.258 e. The highest BCUT2D eigenvalue weighted by Gasteiger charge is 2.20. The van der Waals surface area contributed by atoms with Crippen LogP contribution in [0, 0.1) is 13.8 Å². The van der Waals surface area contributed by atoms with Gasteiger partial charge in [0.25, 0.3) is 5.56 Å². The van der Waals surface area contributed by atoms with E-state index in [1.54, 1.807) is 24.7 Å². The van der Waals surface area contributed by atoms with Gasteiger partial charge in [-0.15, -0.1) is 0 Å². The average Bonchev–Trinajstić information content (AvgIpc) is 2.90.